The van der Waals surface area contributed by atoms with Crippen LogP contribution in [0.4, 0.5) is 15.8 Å². The number of benzene rings is 2. The van der Waals surface area contributed by atoms with Crippen molar-refractivity contribution in [2.24, 2.45) is 0 Å². The van der Waals surface area contributed by atoms with Crippen LogP contribution in [0.5, 0.6) is 0 Å². The van der Waals surface area contributed by atoms with E-state index in [1.54, 1.807) is 48.5 Å². The van der Waals surface area contributed by atoms with E-state index in [-0.39, 0.29) is 5.82 Å². The summed E-state index contributed by atoms with van der Waals surface area (Å²) in [5, 5.41) is 3.12. The van der Waals surface area contributed by atoms with Crippen molar-refractivity contribution in [3.63, 3.8) is 0 Å². The van der Waals surface area contributed by atoms with Gasteiger partial charge in [-0.25, -0.2) is 12.8 Å². The standard InChI is InChI=1S/C19H19FN2O2S2/c1-2-17-11-12-19(25-17)26(23,24)22-16-9-7-15(8-10-16)21-13-14-5-3-4-6-18(14)20/h3-12,21-22H,2,13H2,1H3. The van der Waals surface area contributed by atoms with Crippen molar-refractivity contribution >= 4 is 32.7 Å². The van der Waals surface area contributed by atoms with E-state index in [0.29, 0.717) is 22.0 Å². The summed E-state index contributed by atoms with van der Waals surface area (Å²) in [5.74, 6) is -0.258. The maximum absolute atomic E-state index is 13.6. The van der Waals surface area contributed by atoms with Gasteiger partial charge in [0.1, 0.15) is 10.0 Å². The molecule has 1 heterocycles. The van der Waals surface area contributed by atoms with Gasteiger partial charge in [-0.05, 0) is 48.9 Å². The molecule has 2 aromatic carbocycles. The molecule has 3 rings (SSSR count). The van der Waals surface area contributed by atoms with Crippen molar-refractivity contribution in [2.75, 3.05) is 10.0 Å². The van der Waals surface area contributed by atoms with Crippen molar-refractivity contribution in [1.29, 1.82) is 0 Å². The Hall–Kier alpha value is -2.38. The number of thiophene rings is 1. The van der Waals surface area contributed by atoms with Gasteiger partial charge in [-0.3, -0.25) is 4.72 Å². The minimum absolute atomic E-state index is 0.258. The lowest BCUT2D eigenvalue weighted by Gasteiger charge is -2.10. The summed E-state index contributed by atoms with van der Waals surface area (Å²) in [4.78, 5) is 1.03. The third-order valence-corrected chi connectivity index (χ3v) is 6.93. The van der Waals surface area contributed by atoms with Crippen molar-refractivity contribution in [3.05, 3.63) is 76.9 Å². The first kappa shape index (κ1) is 18.4. The molecule has 0 spiro atoms. The molecule has 2 N–H and O–H groups in total. The minimum atomic E-state index is -3.58. The van der Waals surface area contributed by atoms with E-state index in [9.17, 15) is 12.8 Å². The Labute approximate surface area is 156 Å². The van der Waals surface area contributed by atoms with E-state index in [4.69, 9.17) is 0 Å². The van der Waals surface area contributed by atoms with Gasteiger partial charge in [0.25, 0.3) is 10.0 Å². The van der Waals surface area contributed by atoms with Crippen molar-refractivity contribution in [1.82, 2.24) is 0 Å². The second-order valence-corrected chi connectivity index (χ2v) is 8.78. The largest absolute Gasteiger partial charge is 0.381 e. The van der Waals surface area contributed by atoms with Crippen LogP contribution in [0, 0.1) is 5.82 Å². The fourth-order valence-corrected chi connectivity index (χ4v) is 4.75. The van der Waals surface area contributed by atoms with Crippen LogP contribution < -0.4 is 10.0 Å². The Morgan fingerprint density at radius 1 is 0.962 bits per heavy atom. The fourth-order valence-electron chi connectivity index (χ4n) is 2.39. The first-order valence-corrected chi connectivity index (χ1v) is 10.5. The highest BCUT2D eigenvalue weighted by molar-refractivity contribution is 7.94. The van der Waals surface area contributed by atoms with Crippen LogP contribution >= 0.6 is 11.3 Å². The first-order valence-electron chi connectivity index (χ1n) is 8.17. The highest BCUT2D eigenvalue weighted by Crippen LogP contribution is 2.25. The molecule has 4 nitrogen and oxygen atoms in total. The third kappa shape index (κ3) is 4.42. The van der Waals surface area contributed by atoms with Crippen LogP contribution in [-0.2, 0) is 23.0 Å². The van der Waals surface area contributed by atoms with Gasteiger partial charge >= 0.3 is 0 Å². The predicted octanol–water partition coefficient (Wildman–Crippen LogP) is 4.86. The Morgan fingerprint density at radius 3 is 2.31 bits per heavy atom. The van der Waals surface area contributed by atoms with Gasteiger partial charge in [0.15, 0.2) is 0 Å². The molecule has 3 aromatic rings. The second-order valence-electron chi connectivity index (χ2n) is 5.70. The summed E-state index contributed by atoms with van der Waals surface area (Å²) < 4.78 is 41.3. The lowest BCUT2D eigenvalue weighted by atomic mass is 10.2. The van der Waals surface area contributed by atoms with Gasteiger partial charge in [-0.15, -0.1) is 11.3 Å². The molecule has 0 bridgehead atoms. The van der Waals surface area contributed by atoms with Crippen molar-refractivity contribution < 1.29 is 12.8 Å². The molecule has 0 aliphatic heterocycles. The normalized spacial score (nSPS) is 11.3. The van der Waals surface area contributed by atoms with Crippen LogP contribution in [0.1, 0.15) is 17.4 Å². The quantitative estimate of drug-likeness (QED) is 0.606. The zero-order chi connectivity index (χ0) is 18.6. The third-order valence-electron chi connectivity index (χ3n) is 3.83. The molecule has 0 radical (unpaired) electrons. The Kier molecular flexibility index (Phi) is 5.58. The number of hydrogen-bond donors (Lipinski definition) is 2. The molecular weight excluding hydrogens is 371 g/mol. The Morgan fingerprint density at radius 2 is 1.65 bits per heavy atom. The lowest BCUT2D eigenvalue weighted by molar-refractivity contribution is 0.603. The molecule has 1 aromatic heterocycles. The number of aryl methyl sites for hydroxylation is 1. The molecule has 0 unspecified atom stereocenters. The number of halogens is 1. The maximum atomic E-state index is 13.6. The van der Waals surface area contributed by atoms with Gasteiger partial charge in [0, 0.05) is 28.4 Å². The molecule has 0 aliphatic carbocycles. The van der Waals surface area contributed by atoms with Gasteiger partial charge in [-0.2, -0.15) is 0 Å². The van der Waals surface area contributed by atoms with Crippen molar-refractivity contribution in [3.8, 4) is 0 Å². The predicted molar refractivity (Wildman–Crippen MR) is 105 cm³/mol. The average Bonchev–Trinajstić information content (AvgIpc) is 3.12. The minimum Gasteiger partial charge on any atom is -0.381 e. The molecule has 0 atom stereocenters. The molecule has 7 heteroatoms. The zero-order valence-corrected chi connectivity index (χ0v) is 15.8. The zero-order valence-electron chi connectivity index (χ0n) is 14.2. The van der Waals surface area contributed by atoms with E-state index in [2.05, 4.69) is 10.0 Å². The van der Waals surface area contributed by atoms with E-state index in [1.165, 1.54) is 17.4 Å². The molecule has 0 aliphatic rings. The Bertz CT molecular complexity index is 983. The van der Waals surface area contributed by atoms with Gasteiger partial charge in [0.2, 0.25) is 0 Å². The molecule has 0 saturated heterocycles. The van der Waals surface area contributed by atoms with E-state index in [1.807, 2.05) is 13.0 Å². The van der Waals surface area contributed by atoms with Gasteiger partial charge in [0.05, 0.1) is 0 Å². The molecule has 136 valence electrons. The summed E-state index contributed by atoms with van der Waals surface area (Å²) >= 11 is 1.27. The van der Waals surface area contributed by atoms with E-state index < -0.39 is 10.0 Å². The summed E-state index contributed by atoms with van der Waals surface area (Å²) in [7, 11) is -3.58. The topological polar surface area (TPSA) is 58.2 Å². The van der Waals surface area contributed by atoms with Crippen LogP contribution in [0.25, 0.3) is 0 Å². The lowest BCUT2D eigenvalue weighted by Crippen LogP contribution is -2.11. The average molecular weight is 391 g/mol. The maximum Gasteiger partial charge on any atom is 0.271 e. The number of nitrogens with one attached hydrogen (secondary N) is 2. The molecule has 26 heavy (non-hydrogen) atoms. The summed E-state index contributed by atoms with van der Waals surface area (Å²) in [6.45, 7) is 2.34. The number of rotatable bonds is 7. The number of anilines is 2. The molecule has 0 saturated carbocycles. The van der Waals surface area contributed by atoms with Crippen LogP contribution in [0.15, 0.2) is 64.9 Å². The van der Waals surface area contributed by atoms with E-state index in [0.717, 1.165) is 17.0 Å². The Balaban J connectivity index is 1.65. The van der Waals surface area contributed by atoms with Crippen LogP contribution in [-0.4, -0.2) is 8.42 Å². The molecular formula is C19H19FN2O2S2. The summed E-state index contributed by atoms with van der Waals surface area (Å²) in [6, 6.07) is 16.9. The first-order chi connectivity index (χ1) is 12.5. The van der Waals surface area contributed by atoms with Crippen LogP contribution in [0.2, 0.25) is 0 Å². The fraction of sp³-hybridized carbons (Fsp3) is 0.158. The summed E-state index contributed by atoms with van der Waals surface area (Å²) in [5.41, 5.74) is 1.83. The SMILES string of the molecule is CCc1ccc(S(=O)(=O)Nc2ccc(NCc3ccccc3F)cc2)s1. The van der Waals surface area contributed by atoms with E-state index >= 15 is 0 Å². The smallest absolute Gasteiger partial charge is 0.271 e. The summed E-state index contributed by atoms with van der Waals surface area (Å²) in [6.07, 6.45) is 0.808. The second kappa shape index (κ2) is 7.88. The molecule has 0 amide bonds. The highest BCUT2D eigenvalue weighted by Gasteiger charge is 2.16. The van der Waals surface area contributed by atoms with Gasteiger partial charge in [-0.1, -0.05) is 25.1 Å². The number of hydrogen-bond acceptors (Lipinski definition) is 4. The monoisotopic (exact) mass is 390 g/mol. The van der Waals surface area contributed by atoms with Crippen molar-refractivity contribution in [2.45, 2.75) is 24.1 Å². The van der Waals surface area contributed by atoms with Gasteiger partial charge < -0.3 is 5.32 Å². The number of sulfonamides is 1. The van der Waals surface area contributed by atoms with Crippen LogP contribution in [0.3, 0.4) is 0 Å². The highest BCUT2D eigenvalue weighted by atomic mass is 32.2. The molecule has 0 fully saturated rings.